The summed E-state index contributed by atoms with van der Waals surface area (Å²) in [4.78, 5) is 21.5. The molecule has 2 amide bonds. The van der Waals surface area contributed by atoms with E-state index in [0.717, 1.165) is 17.7 Å². The Bertz CT molecular complexity index is 1830. The largest absolute Gasteiger partial charge is 0.424 e. The highest BCUT2D eigenvalue weighted by Gasteiger charge is 2.22. The second-order valence-corrected chi connectivity index (χ2v) is 10.3. The van der Waals surface area contributed by atoms with Crippen LogP contribution in [0.3, 0.4) is 0 Å². The van der Waals surface area contributed by atoms with Crippen molar-refractivity contribution in [3.8, 4) is 34.8 Å². The van der Waals surface area contributed by atoms with E-state index in [2.05, 4.69) is 30.8 Å². The summed E-state index contributed by atoms with van der Waals surface area (Å²) in [6.07, 6.45) is 4.97. The fourth-order valence-corrected chi connectivity index (χ4v) is 3.91. The topological polar surface area (TPSA) is 136 Å². The Morgan fingerprint density at radius 2 is 1.83 bits per heavy atom. The van der Waals surface area contributed by atoms with Gasteiger partial charge in [-0.2, -0.15) is 20.4 Å². The zero-order valence-electron chi connectivity index (χ0n) is 23.1. The van der Waals surface area contributed by atoms with Gasteiger partial charge in [-0.1, -0.05) is 20.8 Å². The van der Waals surface area contributed by atoms with E-state index >= 15 is 0 Å². The first kappa shape index (κ1) is 27.9. The molecule has 0 aliphatic rings. The van der Waals surface area contributed by atoms with Crippen LogP contribution in [0, 0.1) is 23.0 Å². The maximum absolute atomic E-state index is 14.7. The second-order valence-electron chi connectivity index (χ2n) is 10.3. The number of hydrogen-bond donors (Lipinski definition) is 2. The van der Waals surface area contributed by atoms with Crippen LogP contribution in [0.4, 0.5) is 25.1 Å². The van der Waals surface area contributed by atoms with Gasteiger partial charge < -0.3 is 10.1 Å². The number of urea groups is 1. The summed E-state index contributed by atoms with van der Waals surface area (Å²) < 4.78 is 37.4. The molecule has 2 N–H and O–H groups in total. The quantitative estimate of drug-likeness (QED) is 0.258. The predicted molar refractivity (Wildman–Crippen MR) is 150 cm³/mol. The molecule has 3 heterocycles. The molecule has 0 bridgehead atoms. The van der Waals surface area contributed by atoms with Gasteiger partial charge in [0.15, 0.2) is 0 Å². The third-order valence-corrected chi connectivity index (χ3v) is 6.06. The number of carbonyl (C=O) groups excluding carboxylic acids is 1. The Balaban J connectivity index is 1.37. The number of nitriles is 1. The maximum atomic E-state index is 14.7. The predicted octanol–water partition coefficient (Wildman–Crippen LogP) is 5.95. The fraction of sp³-hybridized carbons (Fsp3) is 0.172. The van der Waals surface area contributed by atoms with Crippen molar-refractivity contribution in [3.63, 3.8) is 0 Å². The summed E-state index contributed by atoms with van der Waals surface area (Å²) in [5.74, 6) is -0.973. The van der Waals surface area contributed by atoms with E-state index in [-0.39, 0.29) is 28.8 Å². The molecule has 11 nitrogen and oxygen atoms in total. The molecule has 212 valence electrons. The lowest BCUT2D eigenvalue weighted by Gasteiger charge is -2.14. The van der Waals surface area contributed by atoms with E-state index in [9.17, 15) is 18.8 Å². The average Bonchev–Trinajstić information content (AvgIpc) is 3.57. The normalized spacial score (nSPS) is 11.2. The number of carbonyl (C=O) groups is 1. The molecule has 0 aliphatic heterocycles. The SMILES string of the molecule is Cn1cc(-c2ccnc(Oc3ccc(F)c(NC(=O)Nc4cc(C(C)(C)C)nn4-c4ccc(F)c(C#N)c4)c3)n2)cn1. The maximum Gasteiger partial charge on any atom is 0.324 e. The highest BCUT2D eigenvalue weighted by atomic mass is 19.1. The van der Waals surface area contributed by atoms with Gasteiger partial charge in [0.05, 0.1) is 34.5 Å². The van der Waals surface area contributed by atoms with Crippen LogP contribution in [-0.2, 0) is 12.5 Å². The molecule has 5 rings (SSSR count). The molecule has 5 aromatic rings. The summed E-state index contributed by atoms with van der Waals surface area (Å²) in [7, 11) is 1.79. The van der Waals surface area contributed by atoms with E-state index in [1.807, 2.05) is 20.8 Å². The number of nitrogens with one attached hydrogen (secondary N) is 2. The van der Waals surface area contributed by atoms with Gasteiger partial charge in [0, 0.05) is 42.6 Å². The molecule has 0 saturated carbocycles. The van der Waals surface area contributed by atoms with Crippen molar-refractivity contribution in [1.29, 1.82) is 5.26 Å². The minimum Gasteiger partial charge on any atom is -0.424 e. The first-order valence-electron chi connectivity index (χ1n) is 12.7. The van der Waals surface area contributed by atoms with Crippen LogP contribution in [0.2, 0.25) is 0 Å². The number of benzene rings is 2. The summed E-state index contributed by atoms with van der Waals surface area (Å²) in [5, 5.41) is 23.1. The van der Waals surface area contributed by atoms with Gasteiger partial charge in [-0.05, 0) is 36.4 Å². The number of hydrogen-bond acceptors (Lipinski definition) is 7. The zero-order chi connectivity index (χ0) is 30.0. The summed E-state index contributed by atoms with van der Waals surface area (Å²) in [6, 6.07) is 12.1. The molecule has 0 fully saturated rings. The Morgan fingerprint density at radius 3 is 2.55 bits per heavy atom. The van der Waals surface area contributed by atoms with E-state index in [1.165, 1.54) is 35.1 Å². The fourth-order valence-electron chi connectivity index (χ4n) is 3.91. The van der Waals surface area contributed by atoms with Crippen molar-refractivity contribution in [2.45, 2.75) is 26.2 Å². The zero-order valence-corrected chi connectivity index (χ0v) is 23.1. The van der Waals surface area contributed by atoms with E-state index in [0.29, 0.717) is 17.1 Å². The van der Waals surface area contributed by atoms with Crippen LogP contribution in [0.25, 0.3) is 16.9 Å². The number of amides is 2. The van der Waals surface area contributed by atoms with Crippen molar-refractivity contribution in [1.82, 2.24) is 29.5 Å². The van der Waals surface area contributed by atoms with Gasteiger partial charge in [-0.3, -0.25) is 10.00 Å². The average molecular weight is 570 g/mol. The Morgan fingerprint density at radius 1 is 1.05 bits per heavy atom. The van der Waals surface area contributed by atoms with Gasteiger partial charge in [0.2, 0.25) is 0 Å². The first-order chi connectivity index (χ1) is 20.0. The van der Waals surface area contributed by atoms with Crippen molar-refractivity contribution in [3.05, 3.63) is 90.0 Å². The standard InChI is InChI=1S/C29H25F2N9O2/c1-29(2,3)25-13-26(40(38-25)19-5-7-21(30)17(11-19)14-32)37-27(41)35-24-12-20(6-8-22(24)31)42-28-33-10-9-23(36-28)18-15-34-39(4)16-18/h5-13,15-16H,1-4H3,(H2,35,37,41). The first-order valence-corrected chi connectivity index (χ1v) is 12.7. The molecule has 0 spiro atoms. The third-order valence-electron chi connectivity index (χ3n) is 6.06. The lowest BCUT2D eigenvalue weighted by Crippen LogP contribution is -2.22. The minimum absolute atomic E-state index is 0.0213. The second kappa shape index (κ2) is 11.1. The summed E-state index contributed by atoms with van der Waals surface area (Å²) in [5.41, 5.74) is 1.59. The monoisotopic (exact) mass is 569 g/mol. The molecule has 42 heavy (non-hydrogen) atoms. The Kier molecular flexibility index (Phi) is 7.37. The van der Waals surface area contributed by atoms with Gasteiger partial charge in [0.1, 0.15) is 29.3 Å². The van der Waals surface area contributed by atoms with Gasteiger partial charge in [-0.25, -0.2) is 23.2 Å². The van der Waals surface area contributed by atoms with Crippen LogP contribution >= 0.6 is 0 Å². The van der Waals surface area contributed by atoms with Crippen LogP contribution in [0.5, 0.6) is 11.8 Å². The van der Waals surface area contributed by atoms with Crippen molar-refractivity contribution in [2.75, 3.05) is 10.6 Å². The molecule has 0 radical (unpaired) electrons. The number of ether oxygens (including phenoxy) is 1. The molecule has 0 aliphatic carbocycles. The number of anilines is 2. The van der Waals surface area contributed by atoms with E-state index in [1.54, 1.807) is 42.3 Å². The Labute approximate surface area is 239 Å². The molecular formula is C29H25F2N9O2. The molecule has 13 heteroatoms. The highest BCUT2D eigenvalue weighted by molar-refractivity contribution is 5.99. The smallest absolute Gasteiger partial charge is 0.324 e. The van der Waals surface area contributed by atoms with Crippen LogP contribution in [-0.4, -0.2) is 35.6 Å². The summed E-state index contributed by atoms with van der Waals surface area (Å²) >= 11 is 0. The molecule has 0 unspecified atom stereocenters. The molecule has 0 atom stereocenters. The Hall–Kier alpha value is -5.64. The van der Waals surface area contributed by atoms with Crippen molar-refractivity contribution < 1.29 is 18.3 Å². The number of halogens is 2. The molecule has 3 aromatic heterocycles. The molecule has 2 aromatic carbocycles. The van der Waals surface area contributed by atoms with Crippen molar-refractivity contribution >= 4 is 17.5 Å². The number of nitrogens with zero attached hydrogens (tertiary/aromatic N) is 7. The van der Waals surface area contributed by atoms with Crippen LogP contribution in [0.1, 0.15) is 32.0 Å². The lowest BCUT2D eigenvalue weighted by molar-refractivity contribution is 0.262. The van der Waals surface area contributed by atoms with E-state index < -0.39 is 23.1 Å². The molecule has 0 saturated heterocycles. The van der Waals surface area contributed by atoms with E-state index in [4.69, 9.17) is 4.74 Å². The lowest BCUT2D eigenvalue weighted by atomic mass is 9.92. The highest BCUT2D eigenvalue weighted by Crippen LogP contribution is 2.29. The summed E-state index contributed by atoms with van der Waals surface area (Å²) in [6.45, 7) is 5.81. The molecular weight excluding hydrogens is 544 g/mol. The number of aromatic nitrogens is 6. The number of aryl methyl sites for hydroxylation is 1. The number of rotatable bonds is 6. The third kappa shape index (κ3) is 6.07. The van der Waals surface area contributed by atoms with Gasteiger partial charge in [-0.15, -0.1) is 0 Å². The van der Waals surface area contributed by atoms with Gasteiger partial charge >= 0.3 is 12.0 Å². The minimum atomic E-state index is -0.773. The van der Waals surface area contributed by atoms with Crippen molar-refractivity contribution in [2.24, 2.45) is 7.05 Å². The van der Waals surface area contributed by atoms with Crippen LogP contribution < -0.4 is 15.4 Å². The van der Waals surface area contributed by atoms with Gasteiger partial charge in [0.25, 0.3) is 0 Å². The van der Waals surface area contributed by atoms with Crippen LogP contribution in [0.15, 0.2) is 67.1 Å².